The molecule has 0 radical (unpaired) electrons. The topological polar surface area (TPSA) is 57.2 Å². The van der Waals surface area contributed by atoms with Crippen molar-refractivity contribution in [2.24, 2.45) is 0 Å². The first-order chi connectivity index (χ1) is 14.1. The Labute approximate surface area is 175 Å². The van der Waals surface area contributed by atoms with Gasteiger partial charge in [0, 0.05) is 19.5 Å². The van der Waals surface area contributed by atoms with E-state index in [1.807, 2.05) is 30.3 Å². The van der Waals surface area contributed by atoms with Crippen LogP contribution in [0.25, 0.3) is 6.08 Å². The van der Waals surface area contributed by atoms with Crippen molar-refractivity contribution < 1.29 is 23.7 Å². The highest BCUT2D eigenvalue weighted by Gasteiger charge is 2.15. The highest BCUT2D eigenvalue weighted by Crippen LogP contribution is 2.38. The lowest BCUT2D eigenvalue weighted by molar-refractivity contribution is -0.125. The van der Waals surface area contributed by atoms with E-state index in [1.165, 1.54) is 6.08 Å². The van der Waals surface area contributed by atoms with Crippen molar-refractivity contribution in [2.45, 2.75) is 6.42 Å². The van der Waals surface area contributed by atoms with E-state index in [0.717, 1.165) is 23.5 Å². The Morgan fingerprint density at radius 2 is 1.90 bits per heavy atom. The van der Waals surface area contributed by atoms with Crippen molar-refractivity contribution in [1.29, 1.82) is 0 Å². The van der Waals surface area contributed by atoms with Gasteiger partial charge in [-0.1, -0.05) is 11.6 Å². The van der Waals surface area contributed by atoms with Gasteiger partial charge in [-0.3, -0.25) is 4.79 Å². The Morgan fingerprint density at radius 1 is 1.17 bits per heavy atom. The lowest BCUT2D eigenvalue weighted by Gasteiger charge is -2.16. The van der Waals surface area contributed by atoms with E-state index in [9.17, 15) is 4.79 Å². The van der Waals surface area contributed by atoms with Crippen LogP contribution < -0.4 is 18.9 Å². The molecular formula is C22H24ClNO5. The first-order valence-electron chi connectivity index (χ1n) is 9.36. The number of amides is 1. The molecule has 1 amide bonds. The fourth-order valence-corrected chi connectivity index (χ4v) is 3.00. The van der Waals surface area contributed by atoms with Crippen LogP contribution in [0.5, 0.6) is 23.0 Å². The van der Waals surface area contributed by atoms with Gasteiger partial charge >= 0.3 is 0 Å². The third-order valence-electron chi connectivity index (χ3n) is 4.37. The van der Waals surface area contributed by atoms with Crippen molar-refractivity contribution in [1.82, 2.24) is 4.90 Å². The zero-order valence-corrected chi connectivity index (χ0v) is 17.3. The van der Waals surface area contributed by atoms with Gasteiger partial charge < -0.3 is 23.8 Å². The molecule has 6 nitrogen and oxygen atoms in total. The van der Waals surface area contributed by atoms with Crippen molar-refractivity contribution in [2.75, 3.05) is 40.5 Å². The normalized spacial score (nSPS) is 13.1. The van der Waals surface area contributed by atoms with Gasteiger partial charge in [0.05, 0.1) is 31.9 Å². The third-order valence-corrected chi connectivity index (χ3v) is 4.65. The maximum atomic E-state index is 12.3. The van der Waals surface area contributed by atoms with Crippen LogP contribution >= 0.6 is 11.6 Å². The number of carbonyl (C=O) groups is 1. The number of hydrogen-bond acceptors (Lipinski definition) is 5. The van der Waals surface area contributed by atoms with E-state index < -0.39 is 0 Å². The predicted octanol–water partition coefficient (Wildman–Crippen LogP) is 4.06. The second-order valence-corrected chi connectivity index (χ2v) is 6.90. The van der Waals surface area contributed by atoms with Crippen LogP contribution in [0.4, 0.5) is 0 Å². The number of fused-ring (bicyclic) bond motifs is 1. The number of likely N-dealkylation sites (N-methyl/N-ethyl adjacent to an activating group) is 1. The van der Waals surface area contributed by atoms with Gasteiger partial charge in [0.25, 0.3) is 0 Å². The van der Waals surface area contributed by atoms with E-state index in [0.29, 0.717) is 42.9 Å². The van der Waals surface area contributed by atoms with E-state index in [2.05, 4.69) is 0 Å². The van der Waals surface area contributed by atoms with Crippen LogP contribution in [0.15, 0.2) is 42.5 Å². The average Bonchev–Trinajstić information content (AvgIpc) is 2.98. The summed E-state index contributed by atoms with van der Waals surface area (Å²) in [6.45, 7) is 1.99. The lowest BCUT2D eigenvalue weighted by atomic mass is 10.2. The Kier molecular flexibility index (Phi) is 7.25. The van der Waals surface area contributed by atoms with Gasteiger partial charge in [0.1, 0.15) is 18.1 Å². The molecule has 7 heteroatoms. The van der Waals surface area contributed by atoms with Crippen LogP contribution in [-0.4, -0.2) is 51.3 Å². The highest BCUT2D eigenvalue weighted by molar-refractivity contribution is 6.32. The first kappa shape index (κ1) is 20.9. The number of hydrogen-bond donors (Lipinski definition) is 0. The molecular weight excluding hydrogens is 394 g/mol. The highest BCUT2D eigenvalue weighted by atomic mass is 35.5. The summed E-state index contributed by atoms with van der Waals surface area (Å²) in [5, 5.41) is 0.470. The molecule has 0 spiro atoms. The summed E-state index contributed by atoms with van der Waals surface area (Å²) in [6, 6.07) is 10.9. The molecule has 0 aliphatic carbocycles. The van der Waals surface area contributed by atoms with Crippen LogP contribution in [0.2, 0.25) is 5.02 Å². The molecule has 0 bridgehead atoms. The molecule has 1 aliphatic heterocycles. The van der Waals surface area contributed by atoms with Gasteiger partial charge in [0.15, 0.2) is 11.5 Å². The zero-order valence-electron chi connectivity index (χ0n) is 16.5. The van der Waals surface area contributed by atoms with Gasteiger partial charge in [-0.15, -0.1) is 0 Å². The average molecular weight is 418 g/mol. The van der Waals surface area contributed by atoms with E-state index in [1.54, 1.807) is 31.2 Å². The first-order valence-corrected chi connectivity index (χ1v) is 9.74. The van der Waals surface area contributed by atoms with Crippen molar-refractivity contribution in [3.8, 4) is 23.0 Å². The minimum absolute atomic E-state index is 0.133. The van der Waals surface area contributed by atoms with Gasteiger partial charge in [-0.2, -0.15) is 0 Å². The summed E-state index contributed by atoms with van der Waals surface area (Å²) < 4.78 is 22.1. The number of ether oxygens (including phenoxy) is 4. The summed E-state index contributed by atoms with van der Waals surface area (Å²) in [5.74, 6) is 2.52. The number of benzene rings is 2. The molecule has 0 atom stereocenters. The predicted molar refractivity (Wildman–Crippen MR) is 112 cm³/mol. The van der Waals surface area contributed by atoms with Crippen molar-refractivity contribution in [3.05, 3.63) is 53.1 Å². The van der Waals surface area contributed by atoms with Crippen molar-refractivity contribution in [3.63, 3.8) is 0 Å². The SMILES string of the molecule is COc1ccc(OCCN(C)C(=O)/C=C/c2cc(Cl)c3c(c2)OCCCO3)cc1. The Balaban J connectivity index is 1.53. The molecule has 0 saturated carbocycles. The standard InChI is InChI=1S/C22H24ClNO5/c1-24(10-13-27-18-7-5-17(26-2)6-8-18)21(25)9-4-16-14-19(23)22-20(15-16)28-11-3-12-29-22/h4-9,14-15H,3,10-13H2,1-2H3/b9-4+. The number of nitrogens with zero attached hydrogens (tertiary/aromatic N) is 1. The maximum Gasteiger partial charge on any atom is 0.246 e. The quantitative estimate of drug-likeness (QED) is 0.636. The fourth-order valence-electron chi connectivity index (χ4n) is 2.72. The molecule has 1 aliphatic rings. The largest absolute Gasteiger partial charge is 0.497 e. The number of carbonyl (C=O) groups excluding carboxylic acids is 1. The number of rotatable bonds is 7. The fraction of sp³-hybridized carbons (Fsp3) is 0.318. The Bertz CT molecular complexity index is 866. The summed E-state index contributed by atoms with van der Waals surface area (Å²) in [4.78, 5) is 13.9. The number of methoxy groups -OCH3 is 1. The smallest absolute Gasteiger partial charge is 0.246 e. The second kappa shape index (κ2) is 10.1. The summed E-state index contributed by atoms with van der Waals surface area (Å²) in [7, 11) is 3.34. The van der Waals surface area contributed by atoms with Crippen molar-refractivity contribution >= 4 is 23.6 Å². The van der Waals surface area contributed by atoms with Crippen LogP contribution in [-0.2, 0) is 4.79 Å². The molecule has 0 saturated heterocycles. The minimum Gasteiger partial charge on any atom is -0.497 e. The summed E-state index contributed by atoms with van der Waals surface area (Å²) in [6.07, 6.45) is 4.02. The monoisotopic (exact) mass is 417 g/mol. The van der Waals surface area contributed by atoms with Gasteiger partial charge in [0.2, 0.25) is 5.91 Å². The molecule has 2 aromatic carbocycles. The third kappa shape index (κ3) is 5.81. The van der Waals surface area contributed by atoms with E-state index in [-0.39, 0.29) is 5.91 Å². The molecule has 0 fully saturated rings. The second-order valence-electron chi connectivity index (χ2n) is 6.50. The van der Waals surface area contributed by atoms with E-state index >= 15 is 0 Å². The van der Waals surface area contributed by atoms with Crippen LogP contribution in [0, 0.1) is 0 Å². The Morgan fingerprint density at radius 3 is 2.66 bits per heavy atom. The minimum atomic E-state index is -0.133. The molecule has 0 aromatic heterocycles. The molecule has 3 rings (SSSR count). The lowest BCUT2D eigenvalue weighted by Crippen LogP contribution is -2.29. The molecule has 2 aromatic rings. The zero-order chi connectivity index (χ0) is 20.6. The van der Waals surface area contributed by atoms with Crippen LogP contribution in [0.3, 0.4) is 0 Å². The van der Waals surface area contributed by atoms with Crippen LogP contribution in [0.1, 0.15) is 12.0 Å². The maximum absolute atomic E-state index is 12.3. The number of halogens is 1. The molecule has 0 unspecified atom stereocenters. The summed E-state index contributed by atoms with van der Waals surface area (Å²) in [5.41, 5.74) is 0.774. The van der Waals surface area contributed by atoms with E-state index in [4.69, 9.17) is 30.5 Å². The van der Waals surface area contributed by atoms with Gasteiger partial charge in [-0.25, -0.2) is 0 Å². The summed E-state index contributed by atoms with van der Waals surface area (Å²) >= 11 is 6.28. The Hall–Kier alpha value is -2.86. The molecule has 154 valence electrons. The molecule has 29 heavy (non-hydrogen) atoms. The van der Waals surface area contributed by atoms with Gasteiger partial charge in [-0.05, 0) is 48.0 Å². The molecule has 0 N–H and O–H groups in total. The molecule has 1 heterocycles.